The van der Waals surface area contributed by atoms with Crippen molar-refractivity contribution >= 4 is 11.9 Å². The highest BCUT2D eigenvalue weighted by Gasteiger charge is 2.28. The molecule has 2 aromatic rings. The first-order chi connectivity index (χ1) is 12.6. The zero-order chi connectivity index (χ0) is 20.2. The average molecular weight is 371 g/mol. The van der Waals surface area contributed by atoms with Crippen LogP contribution < -0.4 is 5.63 Å². The number of rotatable bonds is 5. The third-order valence-corrected chi connectivity index (χ3v) is 4.16. The van der Waals surface area contributed by atoms with Crippen molar-refractivity contribution in [2.24, 2.45) is 0 Å². The summed E-state index contributed by atoms with van der Waals surface area (Å²) in [6.07, 6.45) is 0. The van der Waals surface area contributed by atoms with Crippen LogP contribution in [-0.4, -0.2) is 28.9 Å². The van der Waals surface area contributed by atoms with E-state index in [1.54, 1.807) is 11.8 Å². The molecule has 0 N–H and O–H groups in total. The maximum atomic E-state index is 12.7. The number of amides is 1. The van der Waals surface area contributed by atoms with Gasteiger partial charge < -0.3 is 14.1 Å². The van der Waals surface area contributed by atoms with Crippen LogP contribution in [0.4, 0.5) is 0 Å². The van der Waals surface area contributed by atoms with E-state index in [-0.39, 0.29) is 23.8 Å². The van der Waals surface area contributed by atoms with Gasteiger partial charge in [0.15, 0.2) is 6.61 Å². The largest absolute Gasteiger partial charge is 0.452 e. The van der Waals surface area contributed by atoms with Gasteiger partial charge in [-0.3, -0.25) is 4.79 Å². The van der Waals surface area contributed by atoms with Gasteiger partial charge >= 0.3 is 11.6 Å². The van der Waals surface area contributed by atoms with E-state index < -0.39 is 17.1 Å². The van der Waals surface area contributed by atoms with Crippen LogP contribution in [0.3, 0.4) is 0 Å². The second kappa shape index (κ2) is 8.20. The third kappa shape index (κ3) is 5.29. The summed E-state index contributed by atoms with van der Waals surface area (Å²) in [6, 6.07) is 10.8. The lowest BCUT2D eigenvalue weighted by molar-refractivity contribution is -0.140. The second-order valence-corrected chi connectivity index (χ2v) is 7.39. The van der Waals surface area contributed by atoms with E-state index in [2.05, 4.69) is 0 Å². The highest BCUT2D eigenvalue weighted by Crippen LogP contribution is 2.18. The Morgan fingerprint density at radius 1 is 1.11 bits per heavy atom. The molecule has 144 valence electrons. The summed E-state index contributed by atoms with van der Waals surface area (Å²) in [7, 11) is 0. The van der Waals surface area contributed by atoms with Crippen LogP contribution in [0.15, 0.2) is 45.6 Å². The predicted molar refractivity (Wildman–Crippen MR) is 101 cm³/mol. The smallest absolute Gasteiger partial charge is 0.342 e. The molecular formula is C21H25NO5. The van der Waals surface area contributed by atoms with Gasteiger partial charge in [-0.15, -0.1) is 0 Å². The van der Waals surface area contributed by atoms with Crippen molar-refractivity contribution in [2.75, 3.05) is 6.61 Å². The minimum atomic E-state index is -0.685. The number of hydrogen-bond acceptors (Lipinski definition) is 5. The number of benzene rings is 1. The van der Waals surface area contributed by atoms with E-state index >= 15 is 0 Å². The van der Waals surface area contributed by atoms with Crippen molar-refractivity contribution in [1.29, 1.82) is 0 Å². The third-order valence-electron chi connectivity index (χ3n) is 4.16. The molecule has 2 rings (SSSR count). The summed E-state index contributed by atoms with van der Waals surface area (Å²) in [5.74, 6) is -0.808. The minimum absolute atomic E-state index is 0.174. The standard InChI is InChI=1S/C21H25NO5/c1-14-11-18(24)27-15(2)19(14)20(25)26-13-17(23)22(21(3,4)5)12-16-9-7-6-8-10-16/h6-11H,12-13H2,1-5H3. The predicted octanol–water partition coefficient (Wildman–Crippen LogP) is 3.24. The normalized spacial score (nSPS) is 11.1. The molecule has 0 saturated carbocycles. The number of carbonyl (C=O) groups excluding carboxylic acids is 2. The molecule has 1 heterocycles. The molecule has 0 fully saturated rings. The van der Waals surface area contributed by atoms with Crippen molar-refractivity contribution < 1.29 is 18.7 Å². The molecule has 0 aliphatic carbocycles. The monoisotopic (exact) mass is 371 g/mol. The van der Waals surface area contributed by atoms with Crippen molar-refractivity contribution in [1.82, 2.24) is 4.90 Å². The van der Waals surface area contributed by atoms with Crippen molar-refractivity contribution in [2.45, 2.75) is 46.7 Å². The van der Waals surface area contributed by atoms with Crippen molar-refractivity contribution in [3.05, 3.63) is 69.3 Å². The Bertz CT molecular complexity index is 851. The van der Waals surface area contributed by atoms with E-state index in [1.165, 1.54) is 13.0 Å². The van der Waals surface area contributed by atoms with Gasteiger partial charge in [0.1, 0.15) is 11.3 Å². The zero-order valence-electron chi connectivity index (χ0n) is 16.4. The van der Waals surface area contributed by atoms with Gasteiger partial charge in [0.25, 0.3) is 5.91 Å². The summed E-state index contributed by atoms with van der Waals surface area (Å²) < 4.78 is 10.2. The lowest BCUT2D eigenvalue weighted by atomic mass is 10.0. The first-order valence-corrected chi connectivity index (χ1v) is 8.72. The molecule has 0 radical (unpaired) electrons. The van der Waals surface area contributed by atoms with Crippen molar-refractivity contribution in [3.8, 4) is 0 Å². The van der Waals surface area contributed by atoms with Crippen LogP contribution in [0.5, 0.6) is 0 Å². The average Bonchev–Trinajstić information content (AvgIpc) is 2.56. The Morgan fingerprint density at radius 2 is 1.74 bits per heavy atom. The molecular weight excluding hydrogens is 346 g/mol. The fourth-order valence-electron chi connectivity index (χ4n) is 2.81. The number of carbonyl (C=O) groups is 2. The Labute approximate surface area is 158 Å². The van der Waals surface area contributed by atoms with E-state index in [0.29, 0.717) is 12.1 Å². The number of hydrogen-bond donors (Lipinski definition) is 0. The number of esters is 1. The van der Waals surface area contributed by atoms with E-state index in [4.69, 9.17) is 9.15 Å². The Morgan fingerprint density at radius 3 is 2.30 bits per heavy atom. The molecule has 1 aromatic carbocycles. The number of ether oxygens (including phenoxy) is 1. The molecule has 0 spiro atoms. The Balaban J connectivity index is 2.12. The Hall–Kier alpha value is -2.89. The molecule has 6 nitrogen and oxygen atoms in total. The zero-order valence-corrected chi connectivity index (χ0v) is 16.4. The van der Waals surface area contributed by atoms with Gasteiger partial charge in [-0.25, -0.2) is 9.59 Å². The van der Waals surface area contributed by atoms with E-state index in [1.807, 2.05) is 51.1 Å². The molecule has 0 atom stereocenters. The fraction of sp³-hybridized carbons (Fsp3) is 0.381. The summed E-state index contributed by atoms with van der Waals surface area (Å²) in [5.41, 5.74) is 0.652. The van der Waals surface area contributed by atoms with E-state index in [0.717, 1.165) is 5.56 Å². The quantitative estimate of drug-likeness (QED) is 0.754. The Kier molecular flexibility index (Phi) is 6.20. The van der Waals surface area contributed by atoms with Crippen LogP contribution in [0, 0.1) is 13.8 Å². The highest BCUT2D eigenvalue weighted by atomic mass is 16.5. The molecule has 0 aliphatic heterocycles. The van der Waals surface area contributed by atoms with Gasteiger partial charge in [-0.2, -0.15) is 0 Å². The molecule has 1 amide bonds. The van der Waals surface area contributed by atoms with Gasteiger partial charge in [-0.1, -0.05) is 30.3 Å². The lowest BCUT2D eigenvalue weighted by Crippen LogP contribution is -2.46. The molecule has 0 unspecified atom stereocenters. The molecule has 0 saturated heterocycles. The van der Waals surface area contributed by atoms with Crippen molar-refractivity contribution in [3.63, 3.8) is 0 Å². The molecule has 6 heteroatoms. The van der Waals surface area contributed by atoms with Gasteiger partial charge in [0.2, 0.25) is 0 Å². The number of nitrogens with zero attached hydrogens (tertiary/aromatic N) is 1. The summed E-state index contributed by atoms with van der Waals surface area (Å²) in [5, 5.41) is 0. The minimum Gasteiger partial charge on any atom is -0.452 e. The van der Waals surface area contributed by atoms with Gasteiger partial charge in [-0.05, 0) is 45.7 Å². The maximum absolute atomic E-state index is 12.7. The first-order valence-electron chi connectivity index (χ1n) is 8.72. The van der Waals surface area contributed by atoms with Crippen LogP contribution in [0.25, 0.3) is 0 Å². The fourth-order valence-corrected chi connectivity index (χ4v) is 2.81. The first kappa shape index (κ1) is 20.4. The molecule has 0 bridgehead atoms. The lowest BCUT2D eigenvalue weighted by Gasteiger charge is -2.35. The topological polar surface area (TPSA) is 76.8 Å². The van der Waals surface area contributed by atoms with Crippen LogP contribution in [-0.2, 0) is 16.1 Å². The second-order valence-electron chi connectivity index (χ2n) is 7.39. The summed E-state index contributed by atoms with van der Waals surface area (Å²) in [6.45, 7) is 8.95. The molecule has 0 aliphatic rings. The SMILES string of the molecule is Cc1cc(=O)oc(C)c1C(=O)OCC(=O)N(Cc1ccccc1)C(C)(C)C. The van der Waals surface area contributed by atoms with Crippen LogP contribution >= 0.6 is 0 Å². The van der Waals surface area contributed by atoms with Crippen LogP contribution in [0.1, 0.15) is 48.0 Å². The molecule has 1 aromatic heterocycles. The van der Waals surface area contributed by atoms with E-state index in [9.17, 15) is 14.4 Å². The maximum Gasteiger partial charge on any atom is 0.342 e. The summed E-state index contributed by atoms with van der Waals surface area (Å²) >= 11 is 0. The van der Waals surface area contributed by atoms with Gasteiger partial charge in [0.05, 0.1) is 0 Å². The molecule has 27 heavy (non-hydrogen) atoms. The van der Waals surface area contributed by atoms with Crippen LogP contribution in [0.2, 0.25) is 0 Å². The summed E-state index contributed by atoms with van der Waals surface area (Å²) in [4.78, 5) is 38.1. The number of aryl methyl sites for hydroxylation is 2. The highest BCUT2D eigenvalue weighted by molar-refractivity contribution is 5.93. The van der Waals surface area contributed by atoms with Gasteiger partial charge in [0, 0.05) is 18.2 Å².